The SMILES string of the molecule is CC1CCCC2(CCCC(C)C2)C1. The molecule has 0 radical (unpaired) electrons. The Balaban J connectivity index is 2.00. The topological polar surface area (TPSA) is 0 Å². The summed E-state index contributed by atoms with van der Waals surface area (Å²) in [6.45, 7) is 4.92. The van der Waals surface area contributed by atoms with Crippen LogP contribution in [-0.2, 0) is 0 Å². The van der Waals surface area contributed by atoms with Crippen LogP contribution in [0.5, 0.6) is 0 Å². The highest BCUT2D eigenvalue weighted by molar-refractivity contribution is 4.89. The lowest BCUT2D eigenvalue weighted by atomic mass is 9.61. The van der Waals surface area contributed by atoms with Gasteiger partial charge in [0.15, 0.2) is 0 Å². The molecule has 2 unspecified atom stereocenters. The van der Waals surface area contributed by atoms with E-state index >= 15 is 0 Å². The molecule has 2 saturated carbocycles. The van der Waals surface area contributed by atoms with Crippen molar-refractivity contribution in [3.63, 3.8) is 0 Å². The molecule has 2 fully saturated rings. The Labute approximate surface area is 83.1 Å². The maximum atomic E-state index is 2.46. The van der Waals surface area contributed by atoms with Crippen LogP contribution >= 0.6 is 0 Å². The van der Waals surface area contributed by atoms with Gasteiger partial charge in [0.25, 0.3) is 0 Å². The zero-order valence-electron chi connectivity index (χ0n) is 9.31. The Morgan fingerprint density at radius 3 is 1.69 bits per heavy atom. The van der Waals surface area contributed by atoms with Crippen molar-refractivity contribution in [1.29, 1.82) is 0 Å². The maximum absolute atomic E-state index is 2.46. The van der Waals surface area contributed by atoms with Gasteiger partial charge < -0.3 is 0 Å². The van der Waals surface area contributed by atoms with Crippen LogP contribution in [0.4, 0.5) is 0 Å². The van der Waals surface area contributed by atoms with Crippen LogP contribution in [0.2, 0.25) is 0 Å². The second-order valence-corrected chi connectivity index (χ2v) is 5.90. The molecule has 2 aliphatic carbocycles. The first-order valence-electron chi connectivity index (χ1n) is 6.20. The van der Waals surface area contributed by atoms with Crippen molar-refractivity contribution in [3.8, 4) is 0 Å². The first kappa shape index (κ1) is 9.55. The van der Waals surface area contributed by atoms with Crippen molar-refractivity contribution < 1.29 is 0 Å². The molecule has 0 amide bonds. The van der Waals surface area contributed by atoms with Gasteiger partial charge in [-0.25, -0.2) is 0 Å². The molecule has 1 spiro atoms. The molecule has 0 N–H and O–H groups in total. The van der Waals surface area contributed by atoms with E-state index in [0.717, 1.165) is 17.3 Å². The third kappa shape index (κ3) is 2.08. The molecule has 0 aliphatic heterocycles. The lowest BCUT2D eigenvalue weighted by Gasteiger charge is -2.45. The van der Waals surface area contributed by atoms with Crippen LogP contribution in [0.25, 0.3) is 0 Å². The van der Waals surface area contributed by atoms with Crippen LogP contribution in [0, 0.1) is 17.3 Å². The van der Waals surface area contributed by atoms with E-state index in [2.05, 4.69) is 13.8 Å². The predicted molar refractivity (Wildman–Crippen MR) is 57.7 cm³/mol. The molecule has 2 atom stereocenters. The summed E-state index contributed by atoms with van der Waals surface area (Å²) < 4.78 is 0. The lowest BCUT2D eigenvalue weighted by molar-refractivity contribution is 0.0687. The van der Waals surface area contributed by atoms with Gasteiger partial charge in [0.1, 0.15) is 0 Å². The molecule has 0 aromatic carbocycles. The molecule has 0 heteroatoms. The van der Waals surface area contributed by atoms with Crippen LogP contribution < -0.4 is 0 Å². The van der Waals surface area contributed by atoms with Gasteiger partial charge in [-0.05, 0) is 42.9 Å². The van der Waals surface area contributed by atoms with Gasteiger partial charge in [0, 0.05) is 0 Å². The predicted octanol–water partition coefficient (Wildman–Crippen LogP) is 4.39. The van der Waals surface area contributed by atoms with Gasteiger partial charge in [-0.15, -0.1) is 0 Å². The molecular weight excluding hydrogens is 156 g/mol. The Hall–Kier alpha value is 0. The highest BCUT2D eigenvalue weighted by Gasteiger charge is 2.37. The number of hydrogen-bond donors (Lipinski definition) is 0. The van der Waals surface area contributed by atoms with E-state index < -0.39 is 0 Å². The van der Waals surface area contributed by atoms with E-state index in [-0.39, 0.29) is 0 Å². The molecule has 0 aromatic heterocycles. The lowest BCUT2D eigenvalue weighted by Crippen LogP contribution is -2.32. The van der Waals surface area contributed by atoms with Crippen molar-refractivity contribution in [1.82, 2.24) is 0 Å². The average molecular weight is 180 g/mol. The molecule has 0 heterocycles. The third-order valence-corrected chi connectivity index (χ3v) is 4.37. The summed E-state index contributed by atoms with van der Waals surface area (Å²) in [4.78, 5) is 0. The first-order chi connectivity index (χ1) is 6.20. The van der Waals surface area contributed by atoms with E-state index in [0.29, 0.717) is 0 Å². The largest absolute Gasteiger partial charge is 0.0625 e. The number of hydrogen-bond acceptors (Lipinski definition) is 0. The monoisotopic (exact) mass is 180 g/mol. The summed E-state index contributed by atoms with van der Waals surface area (Å²) in [5.41, 5.74) is 0.801. The summed E-state index contributed by atoms with van der Waals surface area (Å²) in [5, 5.41) is 0. The van der Waals surface area contributed by atoms with E-state index in [9.17, 15) is 0 Å². The first-order valence-corrected chi connectivity index (χ1v) is 6.20. The second kappa shape index (κ2) is 3.63. The average Bonchev–Trinajstić information content (AvgIpc) is 2.02. The minimum atomic E-state index is 0.801. The van der Waals surface area contributed by atoms with Crippen LogP contribution in [-0.4, -0.2) is 0 Å². The van der Waals surface area contributed by atoms with Crippen LogP contribution in [0.3, 0.4) is 0 Å². The van der Waals surface area contributed by atoms with Crippen molar-refractivity contribution in [2.75, 3.05) is 0 Å². The smallest absolute Gasteiger partial charge is 0.0292 e. The minimum absolute atomic E-state index is 0.801. The standard InChI is InChI=1S/C13H24/c1-11-5-3-7-13(9-11)8-4-6-12(2)10-13/h11-12H,3-10H2,1-2H3. The summed E-state index contributed by atoms with van der Waals surface area (Å²) >= 11 is 0. The molecule has 2 rings (SSSR count). The van der Waals surface area contributed by atoms with Gasteiger partial charge in [0.2, 0.25) is 0 Å². The fraction of sp³-hybridized carbons (Fsp3) is 1.00. The summed E-state index contributed by atoms with van der Waals surface area (Å²) in [5.74, 6) is 2.03. The Kier molecular flexibility index (Phi) is 2.67. The van der Waals surface area contributed by atoms with E-state index in [1.807, 2.05) is 0 Å². The molecule has 0 saturated heterocycles. The van der Waals surface area contributed by atoms with Crippen LogP contribution in [0.1, 0.15) is 65.2 Å². The third-order valence-electron chi connectivity index (χ3n) is 4.37. The van der Waals surface area contributed by atoms with E-state index in [1.165, 1.54) is 38.5 Å². The molecule has 0 nitrogen and oxygen atoms in total. The highest BCUT2D eigenvalue weighted by atomic mass is 14.4. The van der Waals surface area contributed by atoms with Gasteiger partial charge in [-0.3, -0.25) is 0 Å². The zero-order valence-corrected chi connectivity index (χ0v) is 9.31. The molecule has 0 bridgehead atoms. The summed E-state index contributed by atoms with van der Waals surface area (Å²) in [6, 6.07) is 0. The Morgan fingerprint density at radius 1 is 0.846 bits per heavy atom. The van der Waals surface area contributed by atoms with Crippen molar-refractivity contribution in [2.24, 2.45) is 17.3 Å². The Morgan fingerprint density at radius 2 is 1.31 bits per heavy atom. The van der Waals surface area contributed by atoms with Gasteiger partial charge >= 0.3 is 0 Å². The van der Waals surface area contributed by atoms with Crippen molar-refractivity contribution >= 4 is 0 Å². The van der Waals surface area contributed by atoms with Crippen molar-refractivity contribution in [3.05, 3.63) is 0 Å². The fourth-order valence-electron chi connectivity index (χ4n) is 3.95. The molecule has 2 aliphatic rings. The fourth-order valence-corrected chi connectivity index (χ4v) is 3.95. The minimum Gasteiger partial charge on any atom is -0.0625 e. The Bertz CT molecular complexity index is 151. The molecule has 76 valence electrons. The van der Waals surface area contributed by atoms with Gasteiger partial charge in [0.05, 0.1) is 0 Å². The van der Waals surface area contributed by atoms with Gasteiger partial charge in [-0.2, -0.15) is 0 Å². The number of rotatable bonds is 0. The summed E-state index contributed by atoms with van der Waals surface area (Å²) in [7, 11) is 0. The van der Waals surface area contributed by atoms with E-state index in [1.54, 1.807) is 12.8 Å². The normalized spacial score (nSPS) is 46.6. The zero-order chi connectivity index (χ0) is 9.31. The quantitative estimate of drug-likeness (QED) is 0.518. The highest BCUT2D eigenvalue weighted by Crippen LogP contribution is 2.50. The molecule has 0 aromatic rings. The van der Waals surface area contributed by atoms with Crippen molar-refractivity contribution in [2.45, 2.75) is 65.2 Å². The van der Waals surface area contributed by atoms with E-state index in [4.69, 9.17) is 0 Å². The molecule has 13 heavy (non-hydrogen) atoms. The molecular formula is C13H24. The van der Waals surface area contributed by atoms with Crippen LogP contribution in [0.15, 0.2) is 0 Å². The second-order valence-electron chi connectivity index (χ2n) is 5.90. The summed E-state index contributed by atoms with van der Waals surface area (Å²) in [6.07, 6.45) is 12.2. The maximum Gasteiger partial charge on any atom is -0.0292 e. The van der Waals surface area contributed by atoms with Gasteiger partial charge in [-0.1, -0.05) is 39.5 Å².